The van der Waals surface area contributed by atoms with Crippen LogP contribution in [0.2, 0.25) is 5.02 Å². The van der Waals surface area contributed by atoms with Crippen LogP contribution in [0.4, 0.5) is 15.9 Å². The number of hydrogen-bond donors (Lipinski definition) is 3. The van der Waals surface area contributed by atoms with Crippen molar-refractivity contribution < 1.29 is 33.4 Å². The summed E-state index contributed by atoms with van der Waals surface area (Å²) in [6.07, 6.45) is 11.5. The SMILES string of the molecule is CC(=O)Nc1ccc(-c2ccc(F)c(CN(C)C(=O)CCCOc3ccc4c(c3)C3(CCC(Nc5cccc(Cl)c5)(C(=O)O)CC3)[C@@H](C[C@@H](C)COc3ccnc5c3[C@H](C)CCC5)C4)c2)cn1. The van der Waals surface area contributed by atoms with Crippen LogP contribution < -0.4 is 20.1 Å². The van der Waals surface area contributed by atoms with Gasteiger partial charge in [-0.25, -0.2) is 14.2 Å². The number of fused-ring (bicyclic) bond motifs is 3. The van der Waals surface area contributed by atoms with Crippen molar-refractivity contribution in [1.82, 2.24) is 14.9 Å². The lowest BCUT2D eigenvalue weighted by Gasteiger charge is -2.47. The zero-order chi connectivity index (χ0) is 47.3. The smallest absolute Gasteiger partial charge is 0.329 e. The first-order chi connectivity index (χ1) is 32.2. The molecular weight excluding hydrogens is 869 g/mol. The number of nitrogens with zero attached hydrogens (tertiary/aromatic N) is 3. The number of amides is 2. The van der Waals surface area contributed by atoms with Crippen molar-refractivity contribution in [3.05, 3.63) is 130 Å². The summed E-state index contributed by atoms with van der Waals surface area (Å²) < 4.78 is 27.9. The number of carbonyl (C=O) groups is 3. The Morgan fingerprint density at radius 3 is 2.54 bits per heavy atom. The second-order valence-electron chi connectivity index (χ2n) is 19.1. The number of rotatable bonds is 17. The van der Waals surface area contributed by atoms with Crippen LogP contribution in [0.5, 0.6) is 11.5 Å². The Labute approximate surface area is 397 Å². The number of aromatic nitrogens is 2. The molecule has 3 aliphatic rings. The van der Waals surface area contributed by atoms with Gasteiger partial charge in [0.25, 0.3) is 0 Å². The highest BCUT2D eigenvalue weighted by Crippen LogP contribution is 2.57. The molecule has 2 heterocycles. The van der Waals surface area contributed by atoms with E-state index in [9.17, 15) is 23.9 Å². The minimum absolute atomic E-state index is 0.0955. The molecule has 2 amide bonds. The van der Waals surface area contributed by atoms with Gasteiger partial charge in [0.1, 0.15) is 28.7 Å². The number of pyridine rings is 2. The monoisotopic (exact) mass is 929 g/mol. The Kier molecular flexibility index (Phi) is 14.5. The van der Waals surface area contributed by atoms with E-state index in [-0.39, 0.29) is 42.0 Å². The fourth-order valence-corrected chi connectivity index (χ4v) is 11.0. The number of nitrogens with one attached hydrogen (secondary N) is 2. The zero-order valence-electron chi connectivity index (χ0n) is 38.9. The second-order valence-corrected chi connectivity index (χ2v) is 19.6. The van der Waals surface area contributed by atoms with E-state index in [1.165, 1.54) is 34.6 Å². The normalized spacial score (nSPS) is 21.2. The van der Waals surface area contributed by atoms with Crippen LogP contribution >= 0.6 is 11.6 Å². The molecule has 8 rings (SSSR count). The molecule has 0 radical (unpaired) electrons. The lowest BCUT2D eigenvalue weighted by Crippen LogP contribution is -2.53. The highest BCUT2D eigenvalue weighted by Gasteiger charge is 2.54. The Bertz CT molecular complexity index is 2600. The van der Waals surface area contributed by atoms with Crippen molar-refractivity contribution in [2.75, 3.05) is 30.9 Å². The number of ether oxygens (including phenoxy) is 2. The zero-order valence-corrected chi connectivity index (χ0v) is 39.6. The van der Waals surface area contributed by atoms with E-state index in [1.807, 2.05) is 30.5 Å². The molecule has 1 saturated carbocycles. The quantitative estimate of drug-likeness (QED) is 0.0777. The number of anilines is 2. The summed E-state index contributed by atoms with van der Waals surface area (Å²) in [5, 5.41) is 17.3. The maximum atomic E-state index is 15.0. The molecule has 0 aliphatic heterocycles. The van der Waals surface area contributed by atoms with Crippen LogP contribution in [0, 0.1) is 17.7 Å². The molecule has 352 valence electrons. The molecule has 3 atom stereocenters. The van der Waals surface area contributed by atoms with Crippen molar-refractivity contribution in [1.29, 1.82) is 0 Å². The summed E-state index contributed by atoms with van der Waals surface area (Å²) in [5.74, 6) is 1.40. The van der Waals surface area contributed by atoms with Crippen molar-refractivity contribution in [3.63, 3.8) is 0 Å². The maximum absolute atomic E-state index is 15.0. The van der Waals surface area contributed by atoms with Crippen molar-refractivity contribution in [3.8, 4) is 22.6 Å². The first-order valence-electron chi connectivity index (χ1n) is 23.6. The molecule has 0 unspecified atom stereocenters. The van der Waals surface area contributed by atoms with E-state index >= 15 is 0 Å². The van der Waals surface area contributed by atoms with Gasteiger partial charge in [-0.2, -0.15) is 0 Å². The summed E-state index contributed by atoms with van der Waals surface area (Å²) in [6, 6.07) is 23.8. The van der Waals surface area contributed by atoms with Gasteiger partial charge in [0.2, 0.25) is 11.8 Å². The molecule has 67 heavy (non-hydrogen) atoms. The molecule has 13 heteroatoms. The fraction of sp³-hybridized carbons (Fsp3) is 0.426. The number of halogens is 2. The predicted octanol–water partition coefficient (Wildman–Crippen LogP) is 11.2. The first kappa shape index (κ1) is 47.5. The summed E-state index contributed by atoms with van der Waals surface area (Å²) >= 11 is 6.32. The van der Waals surface area contributed by atoms with Crippen LogP contribution in [0.25, 0.3) is 11.1 Å². The van der Waals surface area contributed by atoms with Crippen LogP contribution in [-0.2, 0) is 39.2 Å². The van der Waals surface area contributed by atoms with Crippen LogP contribution in [0.1, 0.15) is 112 Å². The molecule has 3 aromatic carbocycles. The molecule has 1 spiro atoms. The van der Waals surface area contributed by atoms with Gasteiger partial charge in [-0.05, 0) is 165 Å². The third-order valence-corrected chi connectivity index (χ3v) is 14.6. The summed E-state index contributed by atoms with van der Waals surface area (Å²) in [5.41, 5.74) is 6.06. The van der Waals surface area contributed by atoms with Gasteiger partial charge < -0.3 is 30.1 Å². The summed E-state index contributed by atoms with van der Waals surface area (Å²) in [6.45, 7) is 6.93. The Morgan fingerprint density at radius 2 is 1.79 bits per heavy atom. The van der Waals surface area contributed by atoms with E-state index in [0.29, 0.717) is 73.3 Å². The molecule has 3 N–H and O–H groups in total. The molecule has 2 aromatic heterocycles. The van der Waals surface area contributed by atoms with E-state index < -0.39 is 17.3 Å². The van der Waals surface area contributed by atoms with Crippen LogP contribution in [0.3, 0.4) is 0 Å². The molecule has 3 aliphatic carbocycles. The molecule has 5 aromatic rings. The van der Waals surface area contributed by atoms with Crippen LogP contribution in [0.15, 0.2) is 91.3 Å². The number of aliphatic carboxylic acids is 1. The van der Waals surface area contributed by atoms with E-state index in [4.69, 9.17) is 21.1 Å². The first-order valence-corrected chi connectivity index (χ1v) is 24.0. The van der Waals surface area contributed by atoms with Crippen LogP contribution in [-0.4, -0.2) is 63.6 Å². The second kappa shape index (κ2) is 20.5. The van der Waals surface area contributed by atoms with E-state index in [2.05, 4.69) is 46.6 Å². The van der Waals surface area contributed by atoms with E-state index in [1.54, 1.807) is 49.6 Å². The van der Waals surface area contributed by atoms with Gasteiger partial charge >= 0.3 is 5.97 Å². The largest absolute Gasteiger partial charge is 0.494 e. The van der Waals surface area contributed by atoms with Crippen molar-refractivity contribution in [2.45, 2.75) is 115 Å². The topological polar surface area (TPSA) is 143 Å². The Hall–Kier alpha value is -6.01. The average Bonchev–Trinajstić information content (AvgIpc) is 3.59. The van der Waals surface area contributed by atoms with Gasteiger partial charge in [0.15, 0.2) is 0 Å². The molecule has 1 fully saturated rings. The van der Waals surface area contributed by atoms with Crippen molar-refractivity contribution in [2.24, 2.45) is 11.8 Å². The predicted molar refractivity (Wildman–Crippen MR) is 259 cm³/mol. The number of carbonyl (C=O) groups excluding carboxylic acids is 2. The maximum Gasteiger partial charge on any atom is 0.329 e. The van der Waals surface area contributed by atoms with Crippen molar-refractivity contribution >= 4 is 40.9 Å². The standard InChI is InChI=1S/C54H61ClFN5O6/c1-34(33-67-48-19-24-57-47-11-5-8-35(2)51(47)48)26-41-28-38-13-16-44(30-45(38)53(41)20-22-54(23-21-53,52(64)65)60-43-10-6-9-42(55)29-43)66-25-7-12-50(63)61(4)32-40-27-37(14-17-46(40)56)39-15-18-49(58-31-39)59-36(3)62/h6,9-10,13-19,24,27,29-31,34-35,41,60H,5,7-8,11-12,20-23,25-26,28,32-33H2,1-4H3,(H,64,65)(H,58,59,62)/t34-,35-,41+,53?,54?/m1/s1. The summed E-state index contributed by atoms with van der Waals surface area (Å²) in [4.78, 5) is 48.3. The van der Waals surface area contributed by atoms with Gasteiger partial charge in [0, 0.05) is 72.4 Å². The summed E-state index contributed by atoms with van der Waals surface area (Å²) in [7, 11) is 1.67. The minimum atomic E-state index is -1.14. The van der Waals surface area contributed by atoms with Gasteiger partial charge in [-0.3, -0.25) is 14.6 Å². The molecular formula is C54H61ClFN5O6. The third-order valence-electron chi connectivity index (χ3n) is 14.3. The van der Waals surface area contributed by atoms with E-state index in [0.717, 1.165) is 60.4 Å². The molecule has 0 saturated heterocycles. The fourth-order valence-electron chi connectivity index (χ4n) is 10.8. The number of aryl methyl sites for hydroxylation is 1. The van der Waals surface area contributed by atoms with Gasteiger partial charge in [0.05, 0.1) is 13.2 Å². The number of carboxylic acid groups (broad SMARTS) is 1. The van der Waals surface area contributed by atoms with Gasteiger partial charge in [-0.15, -0.1) is 0 Å². The Balaban J connectivity index is 0.927. The number of carboxylic acids is 1. The lowest BCUT2D eigenvalue weighted by atomic mass is 9.59. The van der Waals surface area contributed by atoms with Gasteiger partial charge in [-0.1, -0.05) is 43.6 Å². The number of benzene rings is 3. The average molecular weight is 931 g/mol. The Morgan fingerprint density at radius 1 is 0.985 bits per heavy atom. The molecule has 11 nitrogen and oxygen atoms in total. The molecule has 0 bridgehead atoms. The lowest BCUT2D eigenvalue weighted by molar-refractivity contribution is -0.144. The number of hydrogen-bond acceptors (Lipinski definition) is 8. The highest BCUT2D eigenvalue weighted by molar-refractivity contribution is 6.30. The third kappa shape index (κ3) is 10.7. The highest BCUT2D eigenvalue weighted by atomic mass is 35.5. The minimum Gasteiger partial charge on any atom is -0.494 e.